The summed E-state index contributed by atoms with van der Waals surface area (Å²) in [5.41, 5.74) is 0.571. The second-order valence-electron chi connectivity index (χ2n) is 8.65. The van der Waals surface area contributed by atoms with E-state index in [1.807, 2.05) is 0 Å². The number of aromatic nitrogens is 4. The molecule has 1 amide bonds. The van der Waals surface area contributed by atoms with Gasteiger partial charge in [-0.3, -0.25) is 9.78 Å². The van der Waals surface area contributed by atoms with Gasteiger partial charge in [-0.2, -0.15) is 28.2 Å². The summed E-state index contributed by atoms with van der Waals surface area (Å²) < 4.78 is 52.9. The third-order valence-corrected chi connectivity index (χ3v) is 6.45. The molecule has 180 valence electrons. The lowest BCUT2D eigenvalue weighted by atomic mass is 9.86. The number of pyridine rings is 1. The first-order chi connectivity index (χ1) is 16.2. The summed E-state index contributed by atoms with van der Waals surface area (Å²) in [6.07, 6.45) is 2.06. The van der Waals surface area contributed by atoms with Gasteiger partial charge in [0.25, 0.3) is 5.91 Å². The van der Waals surface area contributed by atoms with Gasteiger partial charge < -0.3 is 4.90 Å². The van der Waals surface area contributed by atoms with Gasteiger partial charge in [-0.15, -0.1) is 0 Å². The predicted molar refractivity (Wildman–Crippen MR) is 117 cm³/mol. The van der Waals surface area contributed by atoms with Crippen molar-refractivity contribution in [3.8, 4) is 5.69 Å². The molecule has 34 heavy (non-hydrogen) atoms. The molecule has 0 saturated carbocycles. The molecule has 3 aromatic rings. The molecule has 1 aromatic carbocycles. The molecule has 1 saturated heterocycles. The maximum Gasteiger partial charge on any atom is 0.417 e. The van der Waals surface area contributed by atoms with Crippen molar-refractivity contribution in [2.45, 2.75) is 51.7 Å². The van der Waals surface area contributed by atoms with Gasteiger partial charge in [0.15, 0.2) is 0 Å². The average Bonchev–Trinajstić information content (AvgIpc) is 3.34. The van der Waals surface area contributed by atoms with E-state index in [2.05, 4.69) is 22.1 Å². The zero-order chi connectivity index (χ0) is 24.5. The van der Waals surface area contributed by atoms with Crippen LogP contribution in [0.1, 0.15) is 53.4 Å². The van der Waals surface area contributed by atoms with E-state index in [1.54, 1.807) is 11.8 Å². The van der Waals surface area contributed by atoms with Crippen LogP contribution in [0.2, 0.25) is 0 Å². The third kappa shape index (κ3) is 4.80. The van der Waals surface area contributed by atoms with Crippen molar-refractivity contribution in [1.82, 2.24) is 24.9 Å². The van der Waals surface area contributed by atoms with Crippen LogP contribution < -0.4 is 0 Å². The first-order valence-electron chi connectivity index (χ1n) is 11.2. The Morgan fingerprint density at radius 2 is 1.88 bits per heavy atom. The minimum atomic E-state index is -4.43. The van der Waals surface area contributed by atoms with Gasteiger partial charge >= 0.3 is 6.18 Å². The summed E-state index contributed by atoms with van der Waals surface area (Å²) in [6, 6.07) is 5.02. The average molecular weight is 475 g/mol. The van der Waals surface area contributed by atoms with E-state index in [-0.39, 0.29) is 29.0 Å². The van der Waals surface area contributed by atoms with Crippen molar-refractivity contribution >= 4 is 5.91 Å². The molecule has 4 rings (SSSR count). The maximum absolute atomic E-state index is 14.5. The summed E-state index contributed by atoms with van der Waals surface area (Å²) in [5, 5.41) is 8.21. The summed E-state index contributed by atoms with van der Waals surface area (Å²) in [6.45, 7) is 4.12. The highest BCUT2D eigenvalue weighted by molar-refractivity contribution is 5.99. The zero-order valence-electron chi connectivity index (χ0n) is 18.9. The van der Waals surface area contributed by atoms with Crippen LogP contribution in [0, 0.1) is 18.7 Å². The topological polar surface area (TPSA) is 63.9 Å². The second kappa shape index (κ2) is 9.52. The molecular formula is C24H25F4N5O. The second-order valence-corrected chi connectivity index (χ2v) is 8.65. The maximum atomic E-state index is 14.5. The minimum Gasteiger partial charge on any atom is -0.335 e. The zero-order valence-corrected chi connectivity index (χ0v) is 18.9. The first kappa shape index (κ1) is 23.8. The van der Waals surface area contributed by atoms with E-state index in [0.717, 1.165) is 25.1 Å². The Morgan fingerprint density at radius 3 is 2.53 bits per heavy atom. The quantitative estimate of drug-likeness (QED) is 0.487. The number of rotatable bonds is 5. The Balaban J connectivity index is 1.59. The van der Waals surface area contributed by atoms with Crippen molar-refractivity contribution in [1.29, 1.82) is 0 Å². The number of nitrogens with zero attached hydrogens (tertiary/aromatic N) is 5. The van der Waals surface area contributed by atoms with Crippen LogP contribution in [0.3, 0.4) is 0 Å². The van der Waals surface area contributed by atoms with Crippen LogP contribution in [0.4, 0.5) is 17.6 Å². The minimum absolute atomic E-state index is 0.161. The Labute approximate surface area is 194 Å². The summed E-state index contributed by atoms with van der Waals surface area (Å²) in [4.78, 5) is 20.8. The number of hydrogen-bond donors (Lipinski definition) is 0. The smallest absolute Gasteiger partial charge is 0.335 e. The molecule has 10 heteroatoms. The van der Waals surface area contributed by atoms with E-state index in [0.29, 0.717) is 30.8 Å². The van der Waals surface area contributed by atoms with Gasteiger partial charge in [-0.1, -0.05) is 6.92 Å². The van der Waals surface area contributed by atoms with Crippen molar-refractivity contribution in [3.05, 3.63) is 71.1 Å². The van der Waals surface area contributed by atoms with Gasteiger partial charge in [0.2, 0.25) is 0 Å². The van der Waals surface area contributed by atoms with E-state index in [9.17, 15) is 22.4 Å². The van der Waals surface area contributed by atoms with Crippen LogP contribution in [0.25, 0.3) is 5.69 Å². The Bertz CT molecular complexity index is 1150. The number of amides is 1. The number of likely N-dealkylation sites (tertiary alicyclic amines) is 1. The van der Waals surface area contributed by atoms with Gasteiger partial charge in [0.1, 0.15) is 5.82 Å². The molecular weight excluding hydrogens is 450 g/mol. The fourth-order valence-electron chi connectivity index (χ4n) is 4.57. The molecule has 2 atom stereocenters. The molecule has 6 nitrogen and oxygen atoms in total. The molecule has 0 N–H and O–H groups in total. The number of carbonyl (C=O) groups excluding carboxylic acids is 1. The van der Waals surface area contributed by atoms with Gasteiger partial charge in [-0.05, 0) is 68.4 Å². The van der Waals surface area contributed by atoms with Crippen molar-refractivity contribution in [2.24, 2.45) is 5.92 Å². The number of piperidine rings is 1. The number of carbonyl (C=O) groups is 1. The van der Waals surface area contributed by atoms with Crippen LogP contribution in [0.15, 0.2) is 42.9 Å². The molecule has 1 aliphatic rings. The SMILES string of the molecule is Cc1c(F)ccc(-n2nccn2)c1C(=O)N1CCC[C@@H](C)[C@H]1CCc1ccc(C(F)(F)F)cn1. The van der Waals surface area contributed by atoms with Crippen LogP contribution >= 0.6 is 0 Å². The molecule has 0 aliphatic carbocycles. The predicted octanol–water partition coefficient (Wildman–Crippen LogP) is 5.00. The molecule has 1 aliphatic heterocycles. The highest BCUT2D eigenvalue weighted by atomic mass is 19.4. The van der Waals surface area contributed by atoms with Crippen molar-refractivity contribution < 1.29 is 22.4 Å². The first-order valence-corrected chi connectivity index (χ1v) is 11.2. The molecule has 0 bridgehead atoms. The Hall–Kier alpha value is -3.30. The van der Waals surface area contributed by atoms with Gasteiger partial charge in [0, 0.05) is 24.5 Å². The number of hydrogen-bond acceptors (Lipinski definition) is 4. The largest absolute Gasteiger partial charge is 0.417 e. The highest BCUT2D eigenvalue weighted by Crippen LogP contribution is 2.32. The fourth-order valence-corrected chi connectivity index (χ4v) is 4.57. The van der Waals surface area contributed by atoms with E-state index < -0.39 is 17.6 Å². The monoisotopic (exact) mass is 475 g/mol. The van der Waals surface area contributed by atoms with Crippen LogP contribution in [-0.4, -0.2) is 43.4 Å². The van der Waals surface area contributed by atoms with Crippen molar-refractivity contribution in [2.75, 3.05) is 6.54 Å². The fraction of sp³-hybridized carbons (Fsp3) is 0.417. The normalized spacial score (nSPS) is 18.8. The summed E-state index contributed by atoms with van der Waals surface area (Å²) in [7, 11) is 0. The molecule has 1 fully saturated rings. The summed E-state index contributed by atoms with van der Waals surface area (Å²) in [5.74, 6) is -0.622. The standard InChI is InChI=1S/C24H25F4N5O/c1-15-4-3-13-32(20(15)9-7-18-6-5-17(14-29-18)24(26,27)28)23(34)22-16(2)19(25)8-10-21(22)33-30-11-12-31-33/h5-6,8,10-12,14-15,20H,3-4,7,9,13H2,1-2H3/t15-,20-/m1/s1. The molecule has 0 unspecified atom stereocenters. The van der Waals surface area contributed by atoms with E-state index in [1.165, 1.54) is 35.4 Å². The molecule has 0 spiro atoms. The number of benzene rings is 1. The molecule has 0 radical (unpaired) electrons. The number of halogens is 4. The van der Waals surface area contributed by atoms with E-state index in [4.69, 9.17) is 0 Å². The lowest BCUT2D eigenvalue weighted by Gasteiger charge is -2.40. The van der Waals surface area contributed by atoms with Crippen LogP contribution in [0.5, 0.6) is 0 Å². The summed E-state index contributed by atoms with van der Waals surface area (Å²) >= 11 is 0. The van der Waals surface area contributed by atoms with Crippen molar-refractivity contribution in [3.63, 3.8) is 0 Å². The van der Waals surface area contributed by atoms with Crippen LogP contribution in [-0.2, 0) is 12.6 Å². The lowest BCUT2D eigenvalue weighted by molar-refractivity contribution is -0.137. The number of aryl methyl sites for hydroxylation is 1. The van der Waals surface area contributed by atoms with Gasteiger partial charge in [-0.25, -0.2) is 4.39 Å². The lowest BCUT2D eigenvalue weighted by Crippen LogP contribution is -2.48. The highest BCUT2D eigenvalue weighted by Gasteiger charge is 2.35. The molecule has 3 heterocycles. The third-order valence-electron chi connectivity index (χ3n) is 6.45. The molecule has 2 aromatic heterocycles. The van der Waals surface area contributed by atoms with E-state index >= 15 is 0 Å². The number of alkyl halides is 3. The Morgan fingerprint density at radius 1 is 1.15 bits per heavy atom. The van der Waals surface area contributed by atoms with Gasteiger partial charge in [0.05, 0.1) is 29.2 Å². The Kier molecular flexibility index (Phi) is 6.67.